The standard InChI is InChI=1S/C14H7BN4O/c15-11-6-9(8-16)5-10(7-11)14-18-13(19-20-14)12-3-1-2-4-17-12/h1-7H. The molecule has 0 fully saturated rings. The Morgan fingerprint density at radius 1 is 1.20 bits per heavy atom. The average molecular weight is 258 g/mol. The molecule has 2 radical (unpaired) electrons. The van der Waals surface area contributed by atoms with Crippen LogP contribution in [0.15, 0.2) is 47.1 Å². The first-order valence-corrected chi connectivity index (χ1v) is 5.82. The van der Waals surface area contributed by atoms with Crippen LogP contribution in [0.5, 0.6) is 0 Å². The smallest absolute Gasteiger partial charge is 0.258 e. The van der Waals surface area contributed by atoms with Crippen molar-refractivity contribution in [1.82, 2.24) is 15.1 Å². The molecule has 3 rings (SSSR count). The molecular weight excluding hydrogens is 251 g/mol. The van der Waals surface area contributed by atoms with E-state index in [0.717, 1.165) is 0 Å². The Labute approximate surface area is 116 Å². The second-order valence-corrected chi connectivity index (χ2v) is 4.09. The normalized spacial score (nSPS) is 10.2. The molecule has 0 saturated carbocycles. The molecule has 0 spiro atoms. The zero-order valence-electron chi connectivity index (χ0n) is 10.3. The molecule has 1 aromatic carbocycles. The largest absolute Gasteiger partial charge is 0.334 e. The molecule has 2 heterocycles. The van der Waals surface area contributed by atoms with Crippen molar-refractivity contribution >= 4 is 13.3 Å². The van der Waals surface area contributed by atoms with Crippen molar-refractivity contribution in [2.45, 2.75) is 0 Å². The molecule has 0 bridgehead atoms. The summed E-state index contributed by atoms with van der Waals surface area (Å²) in [6.07, 6.45) is 1.65. The van der Waals surface area contributed by atoms with Gasteiger partial charge in [-0.05, 0) is 18.2 Å². The van der Waals surface area contributed by atoms with Crippen molar-refractivity contribution in [3.8, 4) is 29.0 Å². The van der Waals surface area contributed by atoms with E-state index in [1.807, 2.05) is 18.2 Å². The lowest BCUT2D eigenvalue weighted by Crippen LogP contribution is -2.03. The lowest BCUT2D eigenvalue weighted by Gasteiger charge is -1.98. The summed E-state index contributed by atoms with van der Waals surface area (Å²) >= 11 is 0. The van der Waals surface area contributed by atoms with Crippen molar-refractivity contribution in [3.63, 3.8) is 0 Å². The lowest BCUT2D eigenvalue weighted by atomic mass is 9.92. The minimum Gasteiger partial charge on any atom is -0.334 e. The number of pyridine rings is 1. The zero-order valence-corrected chi connectivity index (χ0v) is 10.3. The van der Waals surface area contributed by atoms with Crippen LogP contribution in [0.25, 0.3) is 23.0 Å². The first-order chi connectivity index (χ1) is 9.76. The highest BCUT2D eigenvalue weighted by Crippen LogP contribution is 2.20. The molecule has 0 unspecified atom stereocenters. The molecule has 0 amide bonds. The fourth-order valence-electron chi connectivity index (χ4n) is 1.78. The fraction of sp³-hybridized carbons (Fsp3) is 0. The summed E-state index contributed by atoms with van der Waals surface area (Å²) in [5.74, 6) is 0.691. The predicted molar refractivity (Wildman–Crippen MR) is 73.1 cm³/mol. The summed E-state index contributed by atoms with van der Waals surface area (Å²) in [6.45, 7) is 0. The van der Waals surface area contributed by atoms with Crippen LogP contribution in [0.3, 0.4) is 0 Å². The van der Waals surface area contributed by atoms with Crippen LogP contribution < -0.4 is 5.46 Å². The molecule has 20 heavy (non-hydrogen) atoms. The Kier molecular flexibility index (Phi) is 3.02. The highest BCUT2D eigenvalue weighted by molar-refractivity contribution is 6.32. The van der Waals surface area contributed by atoms with Crippen LogP contribution in [0.4, 0.5) is 0 Å². The number of benzene rings is 1. The molecule has 92 valence electrons. The minimum atomic E-state index is 0.300. The summed E-state index contributed by atoms with van der Waals surface area (Å²) in [5, 5.41) is 12.8. The SMILES string of the molecule is [B]c1cc(C#N)cc(-c2nc(-c3ccccn3)no2)c1. The fourth-order valence-corrected chi connectivity index (χ4v) is 1.78. The van der Waals surface area contributed by atoms with Crippen LogP contribution in [-0.2, 0) is 0 Å². The van der Waals surface area contributed by atoms with E-state index in [-0.39, 0.29) is 0 Å². The Morgan fingerprint density at radius 3 is 2.85 bits per heavy atom. The molecule has 6 heteroatoms. The Hall–Kier alpha value is -2.94. The number of aromatic nitrogens is 3. The van der Waals surface area contributed by atoms with E-state index >= 15 is 0 Å². The Balaban J connectivity index is 2.03. The molecule has 5 nitrogen and oxygen atoms in total. The summed E-state index contributed by atoms with van der Waals surface area (Å²) in [6, 6.07) is 12.4. The molecule has 0 atom stereocenters. The maximum atomic E-state index is 8.93. The average Bonchev–Trinajstić information content (AvgIpc) is 2.97. The molecule has 0 aliphatic rings. The van der Waals surface area contributed by atoms with Gasteiger partial charge in [0.25, 0.3) is 5.89 Å². The summed E-state index contributed by atoms with van der Waals surface area (Å²) < 4.78 is 5.19. The van der Waals surface area contributed by atoms with Gasteiger partial charge in [0.05, 0.1) is 11.6 Å². The maximum absolute atomic E-state index is 8.93. The number of rotatable bonds is 2. The van der Waals surface area contributed by atoms with Gasteiger partial charge in [-0.25, -0.2) is 0 Å². The van der Waals surface area contributed by atoms with E-state index in [1.165, 1.54) is 0 Å². The maximum Gasteiger partial charge on any atom is 0.258 e. The van der Waals surface area contributed by atoms with Gasteiger partial charge in [0.2, 0.25) is 5.82 Å². The van der Waals surface area contributed by atoms with Gasteiger partial charge in [-0.15, -0.1) is 0 Å². The third-order valence-electron chi connectivity index (χ3n) is 2.65. The monoisotopic (exact) mass is 258 g/mol. The Morgan fingerprint density at radius 2 is 2.10 bits per heavy atom. The number of nitriles is 1. The predicted octanol–water partition coefficient (Wildman–Crippen LogP) is 1.46. The second kappa shape index (κ2) is 4.98. The van der Waals surface area contributed by atoms with Crippen LogP contribution in [0.1, 0.15) is 5.56 Å². The third kappa shape index (κ3) is 2.29. The second-order valence-electron chi connectivity index (χ2n) is 4.09. The molecule has 0 saturated heterocycles. The van der Waals surface area contributed by atoms with Crippen molar-refractivity contribution in [2.75, 3.05) is 0 Å². The van der Waals surface area contributed by atoms with Gasteiger partial charge < -0.3 is 4.52 Å². The Bertz CT molecular complexity index is 792. The van der Waals surface area contributed by atoms with Crippen molar-refractivity contribution < 1.29 is 4.52 Å². The molecule has 0 aliphatic carbocycles. The lowest BCUT2D eigenvalue weighted by molar-refractivity contribution is 0.432. The van der Waals surface area contributed by atoms with Gasteiger partial charge in [-0.2, -0.15) is 10.2 Å². The number of hydrogen-bond acceptors (Lipinski definition) is 5. The van der Waals surface area contributed by atoms with E-state index in [1.54, 1.807) is 30.5 Å². The third-order valence-corrected chi connectivity index (χ3v) is 2.65. The molecule has 0 N–H and O–H groups in total. The van der Waals surface area contributed by atoms with Crippen LogP contribution in [-0.4, -0.2) is 23.0 Å². The van der Waals surface area contributed by atoms with Crippen LogP contribution in [0, 0.1) is 11.3 Å². The van der Waals surface area contributed by atoms with E-state index in [2.05, 4.69) is 15.1 Å². The molecule has 0 aliphatic heterocycles. The number of hydrogen-bond donors (Lipinski definition) is 0. The van der Waals surface area contributed by atoms with Gasteiger partial charge in [0, 0.05) is 11.8 Å². The van der Waals surface area contributed by atoms with E-state index in [4.69, 9.17) is 17.6 Å². The van der Waals surface area contributed by atoms with Crippen LogP contribution in [0.2, 0.25) is 0 Å². The summed E-state index contributed by atoms with van der Waals surface area (Å²) in [7, 11) is 5.74. The summed E-state index contributed by atoms with van der Waals surface area (Å²) in [5.41, 5.74) is 2.14. The summed E-state index contributed by atoms with van der Waals surface area (Å²) in [4.78, 5) is 8.41. The molecular formula is C14H7BN4O. The van der Waals surface area contributed by atoms with E-state index in [0.29, 0.717) is 34.0 Å². The quantitative estimate of drug-likeness (QED) is 0.650. The van der Waals surface area contributed by atoms with Crippen molar-refractivity contribution in [3.05, 3.63) is 48.2 Å². The zero-order chi connectivity index (χ0) is 13.9. The van der Waals surface area contributed by atoms with Gasteiger partial charge in [0.1, 0.15) is 13.5 Å². The van der Waals surface area contributed by atoms with Gasteiger partial charge >= 0.3 is 0 Å². The van der Waals surface area contributed by atoms with Gasteiger partial charge in [-0.3, -0.25) is 4.98 Å². The topological polar surface area (TPSA) is 75.6 Å². The van der Waals surface area contributed by atoms with E-state index < -0.39 is 0 Å². The molecule has 2 aromatic heterocycles. The highest BCUT2D eigenvalue weighted by Gasteiger charge is 2.12. The first-order valence-electron chi connectivity index (χ1n) is 5.82. The van der Waals surface area contributed by atoms with Gasteiger partial charge in [0.15, 0.2) is 0 Å². The van der Waals surface area contributed by atoms with Crippen molar-refractivity contribution in [1.29, 1.82) is 5.26 Å². The number of nitrogens with zero attached hydrogens (tertiary/aromatic N) is 4. The highest BCUT2D eigenvalue weighted by atomic mass is 16.5. The van der Waals surface area contributed by atoms with E-state index in [9.17, 15) is 0 Å². The van der Waals surface area contributed by atoms with Crippen LogP contribution >= 0.6 is 0 Å². The van der Waals surface area contributed by atoms with Gasteiger partial charge in [-0.1, -0.05) is 28.8 Å². The first kappa shape index (κ1) is 12.1. The minimum absolute atomic E-state index is 0.300. The van der Waals surface area contributed by atoms with Crippen molar-refractivity contribution in [2.24, 2.45) is 0 Å². The molecule has 3 aromatic rings.